The highest BCUT2D eigenvalue weighted by Gasteiger charge is 2.39. The molecule has 1 saturated carbocycles. The van der Waals surface area contributed by atoms with Gasteiger partial charge in [0.25, 0.3) is 5.91 Å². The first-order valence-corrected chi connectivity index (χ1v) is 7.39. The number of ether oxygens (including phenoxy) is 1. The molecule has 110 valence electrons. The molecule has 1 saturated heterocycles. The normalized spacial score (nSPS) is 25.2. The Bertz CT molecular complexity index is 696. The number of anilines is 1. The van der Waals surface area contributed by atoms with Gasteiger partial charge in [0, 0.05) is 18.4 Å². The van der Waals surface area contributed by atoms with Crippen molar-refractivity contribution in [1.29, 1.82) is 0 Å². The Labute approximate surface area is 122 Å². The van der Waals surface area contributed by atoms with Crippen molar-refractivity contribution in [1.82, 2.24) is 14.5 Å². The topological polar surface area (TPSA) is 72.9 Å². The number of amides is 1. The second-order valence-corrected chi connectivity index (χ2v) is 5.75. The van der Waals surface area contributed by atoms with E-state index in [0.717, 1.165) is 24.8 Å². The van der Waals surface area contributed by atoms with Gasteiger partial charge in [0.1, 0.15) is 0 Å². The van der Waals surface area contributed by atoms with Crippen molar-refractivity contribution < 1.29 is 9.53 Å². The number of pyridine rings is 1. The van der Waals surface area contributed by atoms with Crippen LogP contribution in [0.2, 0.25) is 0 Å². The molecule has 0 spiro atoms. The maximum absolute atomic E-state index is 12.9. The second-order valence-electron chi connectivity index (χ2n) is 5.75. The summed E-state index contributed by atoms with van der Waals surface area (Å²) in [6, 6.07) is 3.78. The van der Waals surface area contributed by atoms with Crippen LogP contribution in [0.15, 0.2) is 24.5 Å². The quantitative estimate of drug-likeness (QED) is 0.858. The number of nitrogen functional groups attached to an aromatic ring is 1. The van der Waals surface area contributed by atoms with Crippen LogP contribution in [0.25, 0.3) is 5.52 Å². The SMILES string of the molecule is Nc1ccn2ncc(C(=O)N3CCO[C@@H]4CCC[C@@H]43)c2c1. The van der Waals surface area contributed by atoms with Crippen molar-refractivity contribution in [2.24, 2.45) is 0 Å². The van der Waals surface area contributed by atoms with E-state index in [1.54, 1.807) is 29.0 Å². The van der Waals surface area contributed by atoms with Gasteiger partial charge < -0.3 is 15.4 Å². The lowest BCUT2D eigenvalue weighted by molar-refractivity contribution is -0.0444. The summed E-state index contributed by atoms with van der Waals surface area (Å²) in [5.74, 6) is 0.0378. The van der Waals surface area contributed by atoms with Gasteiger partial charge in [0.05, 0.1) is 36.0 Å². The fourth-order valence-corrected chi connectivity index (χ4v) is 3.49. The molecule has 1 aliphatic carbocycles. The van der Waals surface area contributed by atoms with Crippen LogP contribution in [0.3, 0.4) is 0 Å². The Hall–Kier alpha value is -2.08. The van der Waals surface area contributed by atoms with E-state index in [4.69, 9.17) is 10.5 Å². The largest absolute Gasteiger partial charge is 0.399 e. The number of morpholine rings is 1. The van der Waals surface area contributed by atoms with Crippen molar-refractivity contribution in [3.05, 3.63) is 30.1 Å². The third kappa shape index (κ3) is 1.98. The van der Waals surface area contributed by atoms with Crippen molar-refractivity contribution in [3.63, 3.8) is 0 Å². The van der Waals surface area contributed by atoms with Crippen LogP contribution in [0.1, 0.15) is 29.6 Å². The summed E-state index contributed by atoms with van der Waals surface area (Å²) in [5.41, 5.74) is 7.85. The maximum atomic E-state index is 12.9. The zero-order valence-electron chi connectivity index (χ0n) is 11.7. The summed E-state index contributed by atoms with van der Waals surface area (Å²) in [7, 11) is 0. The van der Waals surface area contributed by atoms with Gasteiger partial charge in [-0.15, -0.1) is 0 Å². The van der Waals surface area contributed by atoms with Crippen LogP contribution in [-0.2, 0) is 4.74 Å². The summed E-state index contributed by atoms with van der Waals surface area (Å²) in [6.07, 6.45) is 6.82. The summed E-state index contributed by atoms with van der Waals surface area (Å²) in [4.78, 5) is 14.9. The maximum Gasteiger partial charge on any atom is 0.258 e. The fourth-order valence-electron chi connectivity index (χ4n) is 3.49. The molecule has 2 aromatic heterocycles. The van der Waals surface area contributed by atoms with Crippen molar-refractivity contribution >= 4 is 17.1 Å². The van der Waals surface area contributed by atoms with E-state index in [0.29, 0.717) is 24.4 Å². The molecule has 0 unspecified atom stereocenters. The molecule has 2 N–H and O–H groups in total. The molecule has 3 heterocycles. The number of rotatable bonds is 1. The molecule has 1 amide bonds. The molecule has 2 fully saturated rings. The van der Waals surface area contributed by atoms with Crippen LogP contribution >= 0.6 is 0 Å². The first-order valence-electron chi connectivity index (χ1n) is 7.39. The van der Waals surface area contributed by atoms with Gasteiger partial charge in [-0.25, -0.2) is 4.52 Å². The van der Waals surface area contributed by atoms with Gasteiger partial charge in [-0.05, 0) is 31.4 Å². The van der Waals surface area contributed by atoms with E-state index >= 15 is 0 Å². The third-order valence-corrected chi connectivity index (χ3v) is 4.52. The van der Waals surface area contributed by atoms with E-state index in [9.17, 15) is 4.79 Å². The average molecular weight is 286 g/mol. The average Bonchev–Trinajstić information content (AvgIpc) is 3.12. The molecule has 2 aliphatic rings. The number of fused-ring (bicyclic) bond motifs is 2. The Morgan fingerprint density at radius 2 is 2.33 bits per heavy atom. The first kappa shape index (κ1) is 12.6. The summed E-state index contributed by atoms with van der Waals surface area (Å²) < 4.78 is 7.46. The number of nitrogens with two attached hydrogens (primary N) is 1. The Balaban J connectivity index is 1.71. The number of hydrogen-bond donors (Lipinski definition) is 1. The fraction of sp³-hybridized carbons (Fsp3) is 0.467. The van der Waals surface area contributed by atoms with Crippen LogP contribution in [0.5, 0.6) is 0 Å². The van der Waals surface area contributed by atoms with Gasteiger partial charge in [-0.3, -0.25) is 4.79 Å². The predicted molar refractivity (Wildman–Crippen MR) is 78.0 cm³/mol. The van der Waals surface area contributed by atoms with Crippen molar-refractivity contribution in [2.75, 3.05) is 18.9 Å². The monoisotopic (exact) mass is 286 g/mol. The lowest BCUT2D eigenvalue weighted by atomic mass is 10.1. The Morgan fingerprint density at radius 3 is 3.24 bits per heavy atom. The zero-order valence-corrected chi connectivity index (χ0v) is 11.7. The number of aromatic nitrogens is 2. The molecular formula is C15H18N4O2. The van der Waals surface area contributed by atoms with Crippen LogP contribution in [0.4, 0.5) is 5.69 Å². The molecule has 6 heteroatoms. The van der Waals surface area contributed by atoms with Crippen LogP contribution in [0, 0.1) is 0 Å². The molecular weight excluding hydrogens is 268 g/mol. The van der Waals surface area contributed by atoms with E-state index in [1.807, 2.05) is 4.90 Å². The highest BCUT2D eigenvalue weighted by Crippen LogP contribution is 2.31. The number of nitrogens with zero attached hydrogens (tertiary/aromatic N) is 3. The van der Waals surface area contributed by atoms with Crippen molar-refractivity contribution in [2.45, 2.75) is 31.4 Å². The van der Waals surface area contributed by atoms with Gasteiger partial charge in [-0.1, -0.05) is 0 Å². The van der Waals surface area contributed by atoms with E-state index in [-0.39, 0.29) is 18.1 Å². The summed E-state index contributed by atoms with van der Waals surface area (Å²) in [5, 5.41) is 4.24. The minimum absolute atomic E-state index is 0.0378. The molecule has 0 bridgehead atoms. The number of carbonyl (C=O) groups excluding carboxylic acids is 1. The molecule has 21 heavy (non-hydrogen) atoms. The second kappa shape index (κ2) is 4.73. The minimum Gasteiger partial charge on any atom is -0.399 e. The lowest BCUT2D eigenvalue weighted by Gasteiger charge is -2.37. The first-order chi connectivity index (χ1) is 10.2. The van der Waals surface area contributed by atoms with Crippen LogP contribution in [-0.4, -0.2) is 45.7 Å². The number of carbonyl (C=O) groups is 1. The zero-order chi connectivity index (χ0) is 14.4. The molecule has 2 aromatic rings. The van der Waals surface area contributed by atoms with E-state index in [1.165, 1.54) is 0 Å². The Morgan fingerprint density at radius 1 is 1.43 bits per heavy atom. The standard InChI is InChI=1S/C15H18N4O2/c16-10-4-5-19-13(8-10)11(9-17-19)15(20)18-6-7-21-14-3-1-2-12(14)18/h4-5,8-9,12,14H,1-3,6-7,16H2/t12-,14+/m0/s1. The summed E-state index contributed by atoms with van der Waals surface area (Å²) in [6.45, 7) is 1.27. The molecule has 1 aliphatic heterocycles. The highest BCUT2D eigenvalue weighted by molar-refractivity contribution is 6.01. The van der Waals surface area contributed by atoms with Crippen molar-refractivity contribution in [3.8, 4) is 0 Å². The predicted octanol–water partition coefficient (Wildman–Crippen LogP) is 1.31. The van der Waals surface area contributed by atoms with Gasteiger partial charge in [0.15, 0.2) is 0 Å². The number of hydrogen-bond acceptors (Lipinski definition) is 4. The van der Waals surface area contributed by atoms with Crippen LogP contribution < -0.4 is 5.73 Å². The lowest BCUT2D eigenvalue weighted by Crippen LogP contribution is -2.51. The summed E-state index contributed by atoms with van der Waals surface area (Å²) >= 11 is 0. The van der Waals surface area contributed by atoms with Gasteiger partial charge in [0.2, 0.25) is 0 Å². The van der Waals surface area contributed by atoms with E-state index in [2.05, 4.69) is 5.10 Å². The van der Waals surface area contributed by atoms with E-state index < -0.39 is 0 Å². The third-order valence-electron chi connectivity index (χ3n) is 4.52. The highest BCUT2D eigenvalue weighted by atomic mass is 16.5. The Kier molecular flexibility index (Phi) is 2.85. The smallest absolute Gasteiger partial charge is 0.258 e. The molecule has 6 nitrogen and oxygen atoms in total. The minimum atomic E-state index is 0.0378. The van der Waals surface area contributed by atoms with Gasteiger partial charge in [-0.2, -0.15) is 5.10 Å². The molecule has 0 aromatic carbocycles. The molecule has 4 rings (SSSR count). The van der Waals surface area contributed by atoms with Gasteiger partial charge >= 0.3 is 0 Å². The molecule has 2 atom stereocenters. The molecule has 0 radical (unpaired) electrons.